The Morgan fingerprint density at radius 2 is 2.00 bits per heavy atom. The van der Waals surface area contributed by atoms with Crippen LogP contribution in [0.2, 0.25) is 0 Å². The topological polar surface area (TPSA) is 112 Å². The van der Waals surface area contributed by atoms with Gasteiger partial charge in [0.25, 0.3) is 0 Å². The van der Waals surface area contributed by atoms with Gasteiger partial charge in [0.2, 0.25) is 5.95 Å². The number of rotatable bonds is 4. The van der Waals surface area contributed by atoms with E-state index in [4.69, 9.17) is 20.2 Å². The molecule has 0 amide bonds. The van der Waals surface area contributed by atoms with Crippen molar-refractivity contribution in [3.05, 3.63) is 54.2 Å². The van der Waals surface area contributed by atoms with Crippen molar-refractivity contribution in [3.8, 4) is 22.8 Å². The lowest BCUT2D eigenvalue weighted by Crippen LogP contribution is -2.32. The van der Waals surface area contributed by atoms with E-state index in [0.717, 1.165) is 24.2 Å². The summed E-state index contributed by atoms with van der Waals surface area (Å²) in [6.45, 7) is 1.36. The van der Waals surface area contributed by atoms with E-state index < -0.39 is 0 Å². The van der Waals surface area contributed by atoms with E-state index in [9.17, 15) is 0 Å². The van der Waals surface area contributed by atoms with Crippen LogP contribution >= 0.6 is 0 Å². The fraction of sp³-hybridized carbons (Fsp3) is 0.227. The van der Waals surface area contributed by atoms with E-state index in [2.05, 4.69) is 24.8 Å². The molecule has 0 atom stereocenters. The largest absolute Gasteiger partial charge is 0.493 e. The number of aromatic nitrogens is 5. The third kappa shape index (κ3) is 3.24. The molecule has 0 spiro atoms. The minimum absolute atomic E-state index is 0.357. The maximum atomic E-state index is 6.48. The van der Waals surface area contributed by atoms with Crippen molar-refractivity contribution in [2.45, 2.75) is 13.0 Å². The van der Waals surface area contributed by atoms with Crippen LogP contribution in [0.15, 0.2) is 43.0 Å². The molecule has 0 aliphatic carbocycles. The molecule has 9 heteroatoms. The molecule has 3 aromatic heterocycles. The molecule has 0 bridgehead atoms. The van der Waals surface area contributed by atoms with Gasteiger partial charge in [-0.25, -0.2) is 15.0 Å². The number of benzene rings is 1. The minimum atomic E-state index is 0.357. The summed E-state index contributed by atoms with van der Waals surface area (Å²) < 4.78 is 11.3. The van der Waals surface area contributed by atoms with Crippen LogP contribution in [0.1, 0.15) is 11.3 Å². The highest BCUT2D eigenvalue weighted by molar-refractivity contribution is 6.05. The van der Waals surface area contributed by atoms with Crippen LogP contribution in [0.25, 0.3) is 22.2 Å². The Labute approximate surface area is 178 Å². The summed E-state index contributed by atoms with van der Waals surface area (Å²) in [6, 6.07) is 7.48. The minimum Gasteiger partial charge on any atom is -0.493 e. The van der Waals surface area contributed by atoms with E-state index in [0.29, 0.717) is 52.0 Å². The molecule has 1 aromatic carbocycles. The van der Waals surface area contributed by atoms with E-state index in [1.807, 2.05) is 30.5 Å². The summed E-state index contributed by atoms with van der Waals surface area (Å²) >= 11 is 0. The summed E-state index contributed by atoms with van der Waals surface area (Å²) in [5, 5.41) is 0.680. The van der Waals surface area contributed by atoms with Gasteiger partial charge in [0.15, 0.2) is 11.5 Å². The van der Waals surface area contributed by atoms with Crippen LogP contribution < -0.4 is 20.1 Å². The first kappa shape index (κ1) is 19.0. The molecule has 4 heterocycles. The van der Waals surface area contributed by atoms with E-state index in [-0.39, 0.29) is 0 Å². The van der Waals surface area contributed by atoms with Crippen molar-refractivity contribution >= 4 is 22.7 Å². The third-order valence-electron chi connectivity index (χ3n) is 5.42. The lowest BCUT2D eigenvalue weighted by atomic mass is 10.0. The second kappa shape index (κ2) is 7.67. The fourth-order valence-corrected chi connectivity index (χ4v) is 3.94. The number of hydrogen-bond donors (Lipinski definition) is 1. The van der Waals surface area contributed by atoms with Gasteiger partial charge in [0, 0.05) is 25.0 Å². The molecule has 156 valence electrons. The number of fused-ring (bicyclic) bond motifs is 2. The molecule has 2 N–H and O–H groups in total. The van der Waals surface area contributed by atoms with Gasteiger partial charge >= 0.3 is 0 Å². The Hall–Kier alpha value is -4.01. The number of nitrogens with two attached hydrogens (primary N) is 1. The highest BCUT2D eigenvalue weighted by Gasteiger charge is 2.24. The molecule has 0 saturated heterocycles. The quantitative estimate of drug-likeness (QED) is 0.537. The molecule has 1 aliphatic heterocycles. The molecule has 31 heavy (non-hydrogen) atoms. The van der Waals surface area contributed by atoms with Gasteiger partial charge in [0.1, 0.15) is 12.1 Å². The molecule has 5 rings (SSSR count). The zero-order valence-electron chi connectivity index (χ0n) is 17.2. The smallest absolute Gasteiger partial charge is 0.228 e. The van der Waals surface area contributed by atoms with Crippen LogP contribution in [0.5, 0.6) is 11.5 Å². The summed E-state index contributed by atoms with van der Waals surface area (Å²) in [6.07, 6.45) is 5.97. The maximum absolute atomic E-state index is 6.48. The summed E-state index contributed by atoms with van der Waals surface area (Å²) in [7, 11) is 3.19. The molecular formula is C22H21N7O2. The van der Waals surface area contributed by atoms with E-state index in [1.54, 1.807) is 26.7 Å². The lowest BCUT2D eigenvalue weighted by molar-refractivity contribution is 0.357. The van der Waals surface area contributed by atoms with Gasteiger partial charge in [-0.1, -0.05) is 6.07 Å². The number of nitrogens with zero attached hydrogens (tertiary/aromatic N) is 6. The van der Waals surface area contributed by atoms with Crippen molar-refractivity contribution in [2.75, 3.05) is 31.4 Å². The Morgan fingerprint density at radius 1 is 1.10 bits per heavy atom. The van der Waals surface area contributed by atoms with Gasteiger partial charge in [-0.15, -0.1) is 0 Å². The van der Waals surface area contributed by atoms with Crippen molar-refractivity contribution < 1.29 is 9.47 Å². The number of anilines is 2. The lowest BCUT2D eigenvalue weighted by Gasteiger charge is -2.28. The number of pyridine rings is 1. The van der Waals surface area contributed by atoms with Crippen LogP contribution in [0.3, 0.4) is 0 Å². The fourth-order valence-electron chi connectivity index (χ4n) is 3.94. The summed E-state index contributed by atoms with van der Waals surface area (Å²) in [5.74, 6) is 2.00. The normalized spacial score (nSPS) is 13.2. The van der Waals surface area contributed by atoms with Crippen LogP contribution in [0.4, 0.5) is 11.8 Å². The third-order valence-corrected chi connectivity index (χ3v) is 5.42. The molecule has 9 nitrogen and oxygen atoms in total. The van der Waals surface area contributed by atoms with E-state index >= 15 is 0 Å². The predicted molar refractivity (Wildman–Crippen MR) is 117 cm³/mol. The zero-order valence-corrected chi connectivity index (χ0v) is 17.2. The second-order valence-electron chi connectivity index (χ2n) is 7.17. The van der Waals surface area contributed by atoms with Gasteiger partial charge in [-0.05, 0) is 24.1 Å². The highest BCUT2D eigenvalue weighted by Crippen LogP contribution is 2.44. The predicted octanol–water partition coefficient (Wildman–Crippen LogP) is 2.64. The highest BCUT2D eigenvalue weighted by atomic mass is 16.5. The Morgan fingerprint density at radius 3 is 2.77 bits per heavy atom. The van der Waals surface area contributed by atoms with Crippen molar-refractivity contribution in [1.82, 2.24) is 24.9 Å². The summed E-state index contributed by atoms with van der Waals surface area (Å²) in [5.41, 5.74) is 10.7. The number of ether oxygens (including phenoxy) is 2. The van der Waals surface area contributed by atoms with Gasteiger partial charge < -0.3 is 20.1 Å². The average Bonchev–Trinajstić information content (AvgIpc) is 2.82. The van der Waals surface area contributed by atoms with Gasteiger partial charge in [0.05, 0.1) is 48.6 Å². The SMILES string of the molecule is COc1cc2nc(N3CCc4cncnc4C3)nc(N)c2c(-c2ccccn2)c1OC. The van der Waals surface area contributed by atoms with Gasteiger partial charge in [-0.2, -0.15) is 4.98 Å². The Balaban J connectivity index is 1.69. The molecule has 0 radical (unpaired) electrons. The van der Waals surface area contributed by atoms with Crippen molar-refractivity contribution in [1.29, 1.82) is 0 Å². The Kier molecular flexibility index (Phi) is 4.70. The number of nitrogen functional groups attached to an aromatic ring is 1. The van der Waals surface area contributed by atoms with Crippen LogP contribution in [0, 0.1) is 0 Å². The molecule has 0 saturated carbocycles. The van der Waals surface area contributed by atoms with Crippen LogP contribution in [-0.4, -0.2) is 45.7 Å². The standard InChI is InChI=1S/C22H21N7O2/c1-30-17-9-15-19(18(20(17)31-2)14-5-3-4-7-25-14)21(23)28-22(27-15)29-8-6-13-10-24-12-26-16(13)11-29/h3-5,7,9-10,12H,6,8,11H2,1-2H3,(H2,23,27,28). The number of hydrogen-bond acceptors (Lipinski definition) is 9. The monoisotopic (exact) mass is 415 g/mol. The molecule has 4 aromatic rings. The van der Waals surface area contributed by atoms with Gasteiger partial charge in [-0.3, -0.25) is 4.98 Å². The summed E-state index contributed by atoms with van der Waals surface area (Å²) in [4.78, 5) is 24.5. The number of methoxy groups -OCH3 is 2. The molecule has 0 unspecified atom stereocenters. The molecular weight excluding hydrogens is 394 g/mol. The maximum Gasteiger partial charge on any atom is 0.228 e. The van der Waals surface area contributed by atoms with Crippen molar-refractivity contribution in [2.24, 2.45) is 0 Å². The van der Waals surface area contributed by atoms with E-state index in [1.165, 1.54) is 0 Å². The molecule has 1 aliphatic rings. The average molecular weight is 415 g/mol. The van der Waals surface area contributed by atoms with Crippen LogP contribution in [-0.2, 0) is 13.0 Å². The first-order valence-electron chi connectivity index (χ1n) is 9.86. The first-order valence-corrected chi connectivity index (χ1v) is 9.86. The first-order chi connectivity index (χ1) is 15.2. The zero-order chi connectivity index (χ0) is 21.4. The Bertz CT molecular complexity index is 1260. The molecule has 0 fully saturated rings. The van der Waals surface area contributed by atoms with Crippen molar-refractivity contribution in [3.63, 3.8) is 0 Å². The second-order valence-corrected chi connectivity index (χ2v) is 7.17.